The third-order valence-electron chi connectivity index (χ3n) is 2.92. The van der Waals surface area contributed by atoms with Crippen molar-refractivity contribution in [2.24, 2.45) is 0 Å². The molecule has 0 bridgehead atoms. The molecule has 82 valence electrons. The van der Waals surface area contributed by atoms with Gasteiger partial charge in [0.25, 0.3) is 0 Å². The lowest BCUT2D eigenvalue weighted by Crippen LogP contribution is -2.33. The number of aromatic nitrogens is 1. The molecule has 0 radical (unpaired) electrons. The molecule has 0 atom stereocenters. The number of nitrogens with one attached hydrogen (secondary N) is 1. The summed E-state index contributed by atoms with van der Waals surface area (Å²) in [5.41, 5.74) is 6.58. The summed E-state index contributed by atoms with van der Waals surface area (Å²) in [6, 6.07) is 1.82. The number of anilines is 2. The van der Waals surface area contributed by atoms with Crippen molar-refractivity contribution in [2.45, 2.75) is 31.3 Å². The lowest BCUT2D eigenvalue weighted by molar-refractivity contribution is 0.0615. The molecule has 2 rings (SSSR count). The summed E-state index contributed by atoms with van der Waals surface area (Å²) < 4.78 is 0. The maximum atomic E-state index is 10.1. The molecule has 1 aliphatic carbocycles. The Labute approximate surface area is 89.5 Å². The quantitative estimate of drug-likeness (QED) is 0.700. The second-order valence-electron chi connectivity index (χ2n) is 4.29. The molecule has 4 nitrogen and oxygen atoms in total. The fourth-order valence-corrected chi connectivity index (χ4v) is 2.03. The van der Waals surface area contributed by atoms with Crippen molar-refractivity contribution in [1.29, 1.82) is 0 Å². The summed E-state index contributed by atoms with van der Waals surface area (Å²) in [5, 5.41) is 13.3. The Morgan fingerprint density at radius 1 is 1.40 bits per heavy atom. The zero-order valence-electron chi connectivity index (χ0n) is 8.74. The molecule has 0 unspecified atom stereocenters. The zero-order valence-corrected chi connectivity index (χ0v) is 8.74. The number of nitrogens with zero attached hydrogens (tertiary/aromatic N) is 1. The number of rotatable bonds is 3. The number of nitrogens with two attached hydrogens (primary N) is 1. The smallest absolute Gasteiger partial charge is 0.0819 e. The highest BCUT2D eigenvalue weighted by atomic mass is 16.3. The standard InChI is InChI=1S/C11H17N3O/c12-9-5-10(7-13-6-9)14-8-11(15)3-1-2-4-11/h5-7,14-15H,1-4,8,12H2. The summed E-state index contributed by atoms with van der Waals surface area (Å²) >= 11 is 0. The summed E-state index contributed by atoms with van der Waals surface area (Å²) in [6.45, 7) is 0.581. The molecular weight excluding hydrogens is 190 g/mol. The van der Waals surface area contributed by atoms with Gasteiger partial charge in [0.2, 0.25) is 0 Å². The van der Waals surface area contributed by atoms with Crippen molar-refractivity contribution in [3.63, 3.8) is 0 Å². The molecule has 4 heteroatoms. The molecule has 1 heterocycles. The molecule has 15 heavy (non-hydrogen) atoms. The van der Waals surface area contributed by atoms with Gasteiger partial charge in [0.1, 0.15) is 0 Å². The highest BCUT2D eigenvalue weighted by molar-refractivity contribution is 5.51. The van der Waals surface area contributed by atoms with Crippen LogP contribution in [0.5, 0.6) is 0 Å². The van der Waals surface area contributed by atoms with Gasteiger partial charge in [-0.1, -0.05) is 12.8 Å². The van der Waals surface area contributed by atoms with Crippen molar-refractivity contribution in [3.05, 3.63) is 18.5 Å². The van der Waals surface area contributed by atoms with Crippen LogP contribution in [0.3, 0.4) is 0 Å². The van der Waals surface area contributed by atoms with E-state index in [0.717, 1.165) is 31.4 Å². The van der Waals surface area contributed by atoms with Crippen molar-refractivity contribution in [2.75, 3.05) is 17.6 Å². The van der Waals surface area contributed by atoms with Crippen LogP contribution in [0.4, 0.5) is 11.4 Å². The normalized spacial score (nSPS) is 19.0. The number of nitrogen functional groups attached to an aromatic ring is 1. The Bertz CT molecular complexity index is 334. The number of aliphatic hydroxyl groups is 1. The van der Waals surface area contributed by atoms with Gasteiger partial charge in [0, 0.05) is 12.7 Å². The van der Waals surface area contributed by atoms with E-state index in [1.807, 2.05) is 6.07 Å². The van der Waals surface area contributed by atoms with Gasteiger partial charge >= 0.3 is 0 Å². The minimum absolute atomic E-state index is 0.537. The second kappa shape index (κ2) is 4.06. The van der Waals surface area contributed by atoms with Crippen LogP contribution in [0, 0.1) is 0 Å². The van der Waals surface area contributed by atoms with Crippen LogP contribution in [0.15, 0.2) is 18.5 Å². The summed E-state index contributed by atoms with van der Waals surface area (Å²) in [4.78, 5) is 3.98. The van der Waals surface area contributed by atoms with E-state index >= 15 is 0 Å². The number of hydrogen-bond acceptors (Lipinski definition) is 4. The molecule has 0 spiro atoms. The molecule has 0 saturated heterocycles. The van der Waals surface area contributed by atoms with Crippen molar-refractivity contribution in [1.82, 2.24) is 4.98 Å². The molecule has 4 N–H and O–H groups in total. The van der Waals surface area contributed by atoms with E-state index in [-0.39, 0.29) is 0 Å². The van der Waals surface area contributed by atoms with Crippen LogP contribution in [0.25, 0.3) is 0 Å². The third kappa shape index (κ3) is 2.59. The Hall–Kier alpha value is -1.29. The highest BCUT2D eigenvalue weighted by Gasteiger charge is 2.30. The average Bonchev–Trinajstić information content (AvgIpc) is 2.63. The lowest BCUT2D eigenvalue weighted by atomic mass is 10.0. The Morgan fingerprint density at radius 3 is 2.80 bits per heavy atom. The predicted molar refractivity (Wildman–Crippen MR) is 60.6 cm³/mol. The molecule has 1 aromatic rings. The van der Waals surface area contributed by atoms with E-state index in [4.69, 9.17) is 5.73 Å². The Balaban J connectivity index is 1.92. The van der Waals surface area contributed by atoms with Crippen molar-refractivity contribution < 1.29 is 5.11 Å². The van der Waals surface area contributed by atoms with Crippen LogP contribution in [0.1, 0.15) is 25.7 Å². The third-order valence-corrected chi connectivity index (χ3v) is 2.92. The molecular formula is C11H17N3O. The number of pyridine rings is 1. The summed E-state index contributed by atoms with van der Waals surface area (Å²) in [5.74, 6) is 0. The summed E-state index contributed by atoms with van der Waals surface area (Å²) in [6.07, 6.45) is 7.33. The van der Waals surface area contributed by atoms with E-state index in [0.29, 0.717) is 12.2 Å². The van der Waals surface area contributed by atoms with E-state index in [1.54, 1.807) is 12.4 Å². The molecule has 0 amide bonds. The minimum atomic E-state index is -0.537. The molecule has 0 aromatic carbocycles. The van der Waals surface area contributed by atoms with Gasteiger partial charge in [-0.05, 0) is 18.9 Å². The fourth-order valence-electron chi connectivity index (χ4n) is 2.03. The van der Waals surface area contributed by atoms with Crippen LogP contribution in [0.2, 0.25) is 0 Å². The molecule has 1 saturated carbocycles. The second-order valence-corrected chi connectivity index (χ2v) is 4.29. The maximum Gasteiger partial charge on any atom is 0.0819 e. The fraction of sp³-hybridized carbons (Fsp3) is 0.545. The first-order chi connectivity index (χ1) is 7.18. The first-order valence-electron chi connectivity index (χ1n) is 5.35. The van der Waals surface area contributed by atoms with Gasteiger partial charge < -0.3 is 16.2 Å². The maximum absolute atomic E-state index is 10.1. The van der Waals surface area contributed by atoms with Crippen molar-refractivity contribution in [3.8, 4) is 0 Å². The largest absolute Gasteiger partial charge is 0.397 e. The van der Waals surface area contributed by atoms with Crippen LogP contribution < -0.4 is 11.1 Å². The zero-order chi connectivity index (χ0) is 10.7. The van der Waals surface area contributed by atoms with Crippen LogP contribution >= 0.6 is 0 Å². The van der Waals surface area contributed by atoms with E-state index in [9.17, 15) is 5.11 Å². The van der Waals surface area contributed by atoms with Gasteiger partial charge in [-0.2, -0.15) is 0 Å². The van der Waals surface area contributed by atoms with Gasteiger partial charge in [0.05, 0.1) is 23.2 Å². The topological polar surface area (TPSA) is 71.2 Å². The highest BCUT2D eigenvalue weighted by Crippen LogP contribution is 2.29. The van der Waals surface area contributed by atoms with E-state index in [2.05, 4.69) is 10.3 Å². The molecule has 1 fully saturated rings. The monoisotopic (exact) mass is 207 g/mol. The summed E-state index contributed by atoms with van der Waals surface area (Å²) in [7, 11) is 0. The first-order valence-corrected chi connectivity index (χ1v) is 5.35. The predicted octanol–water partition coefficient (Wildman–Crippen LogP) is 1.38. The first kappa shape index (κ1) is 10.2. The average molecular weight is 207 g/mol. The van der Waals surface area contributed by atoms with E-state index in [1.165, 1.54) is 0 Å². The molecule has 1 aliphatic rings. The van der Waals surface area contributed by atoms with Gasteiger partial charge in [-0.25, -0.2) is 0 Å². The molecule has 1 aromatic heterocycles. The Kier molecular flexibility index (Phi) is 2.77. The van der Waals surface area contributed by atoms with Crippen LogP contribution in [-0.4, -0.2) is 22.2 Å². The minimum Gasteiger partial charge on any atom is -0.397 e. The number of hydrogen-bond donors (Lipinski definition) is 3. The van der Waals surface area contributed by atoms with Gasteiger partial charge in [-0.15, -0.1) is 0 Å². The van der Waals surface area contributed by atoms with Crippen LogP contribution in [-0.2, 0) is 0 Å². The van der Waals surface area contributed by atoms with Gasteiger partial charge in [0.15, 0.2) is 0 Å². The van der Waals surface area contributed by atoms with Gasteiger partial charge in [-0.3, -0.25) is 4.98 Å². The van der Waals surface area contributed by atoms with Crippen molar-refractivity contribution >= 4 is 11.4 Å². The lowest BCUT2D eigenvalue weighted by Gasteiger charge is -2.22. The molecule has 0 aliphatic heterocycles. The van der Waals surface area contributed by atoms with E-state index < -0.39 is 5.60 Å². The Morgan fingerprint density at radius 2 is 2.13 bits per heavy atom. The SMILES string of the molecule is Nc1cncc(NCC2(O)CCCC2)c1.